The molecule has 0 radical (unpaired) electrons. The van der Waals surface area contributed by atoms with E-state index < -0.39 is 16.0 Å². The minimum absolute atomic E-state index is 0.0231. The molecule has 2 aromatic rings. The third kappa shape index (κ3) is 3.71. The van der Waals surface area contributed by atoms with Crippen molar-refractivity contribution in [3.63, 3.8) is 0 Å². The number of para-hydroxylation sites is 1. The van der Waals surface area contributed by atoms with Gasteiger partial charge in [-0.1, -0.05) is 38.1 Å². The molecule has 0 unspecified atom stereocenters. The first kappa shape index (κ1) is 17.0. The Labute approximate surface area is 136 Å². The summed E-state index contributed by atoms with van der Waals surface area (Å²) in [6.07, 6.45) is 0. The molecule has 0 aliphatic carbocycles. The number of nitrogens with one attached hydrogen (secondary N) is 1. The zero-order chi connectivity index (χ0) is 17.2. The largest absolute Gasteiger partial charge is 0.478 e. The minimum Gasteiger partial charge on any atom is -0.478 e. The number of rotatable bonds is 5. The zero-order valence-corrected chi connectivity index (χ0v) is 14.0. The molecule has 0 bridgehead atoms. The van der Waals surface area contributed by atoms with E-state index in [-0.39, 0.29) is 16.4 Å². The highest BCUT2D eigenvalue weighted by Crippen LogP contribution is 2.26. The summed E-state index contributed by atoms with van der Waals surface area (Å²) in [4.78, 5) is 11.1. The molecule has 2 rings (SSSR count). The van der Waals surface area contributed by atoms with Gasteiger partial charge in [0.05, 0.1) is 16.1 Å². The van der Waals surface area contributed by atoms with Gasteiger partial charge in [0, 0.05) is 0 Å². The van der Waals surface area contributed by atoms with Crippen molar-refractivity contribution in [2.45, 2.75) is 31.6 Å². The molecule has 6 heteroatoms. The van der Waals surface area contributed by atoms with Crippen LogP contribution in [0.2, 0.25) is 0 Å². The van der Waals surface area contributed by atoms with Crippen LogP contribution in [0.3, 0.4) is 0 Å². The summed E-state index contributed by atoms with van der Waals surface area (Å²) in [6, 6.07) is 11.2. The normalized spacial score (nSPS) is 11.5. The van der Waals surface area contributed by atoms with Crippen LogP contribution in [0.25, 0.3) is 0 Å². The van der Waals surface area contributed by atoms with Crippen LogP contribution in [0.15, 0.2) is 47.4 Å². The fraction of sp³-hybridized carbons (Fsp3) is 0.235. The summed E-state index contributed by atoms with van der Waals surface area (Å²) >= 11 is 0. The molecule has 0 spiro atoms. The van der Waals surface area contributed by atoms with Gasteiger partial charge in [0.2, 0.25) is 0 Å². The first-order chi connectivity index (χ1) is 10.7. The molecular formula is C17H19NO4S. The van der Waals surface area contributed by atoms with Crippen molar-refractivity contribution in [1.82, 2.24) is 0 Å². The molecule has 2 N–H and O–H groups in total. The van der Waals surface area contributed by atoms with Gasteiger partial charge in [-0.15, -0.1) is 0 Å². The summed E-state index contributed by atoms with van der Waals surface area (Å²) < 4.78 is 27.7. The molecule has 0 heterocycles. The first-order valence-corrected chi connectivity index (χ1v) is 8.66. The van der Waals surface area contributed by atoms with Gasteiger partial charge in [0.1, 0.15) is 0 Å². The number of benzene rings is 2. The molecule has 0 aromatic heterocycles. The Kier molecular flexibility index (Phi) is 4.75. The molecule has 0 aliphatic rings. The number of sulfonamides is 1. The lowest BCUT2D eigenvalue weighted by atomic mass is 10.0. The summed E-state index contributed by atoms with van der Waals surface area (Å²) in [5.74, 6) is -0.997. The van der Waals surface area contributed by atoms with E-state index in [9.17, 15) is 13.2 Å². The van der Waals surface area contributed by atoms with E-state index >= 15 is 0 Å². The predicted molar refractivity (Wildman–Crippen MR) is 89.5 cm³/mol. The van der Waals surface area contributed by atoms with Gasteiger partial charge in [-0.2, -0.15) is 0 Å². The molecule has 2 aromatic carbocycles. The molecule has 0 saturated carbocycles. The summed E-state index contributed by atoms with van der Waals surface area (Å²) in [6.45, 7) is 5.57. The summed E-state index contributed by atoms with van der Waals surface area (Å²) in [5.41, 5.74) is 1.87. The van der Waals surface area contributed by atoms with Crippen LogP contribution in [-0.2, 0) is 10.0 Å². The molecule has 0 fully saturated rings. The van der Waals surface area contributed by atoms with Gasteiger partial charge >= 0.3 is 5.97 Å². The maximum Gasteiger partial charge on any atom is 0.335 e. The van der Waals surface area contributed by atoms with Gasteiger partial charge in [-0.25, -0.2) is 13.2 Å². The lowest BCUT2D eigenvalue weighted by Gasteiger charge is -2.15. The van der Waals surface area contributed by atoms with Crippen LogP contribution in [0.1, 0.15) is 41.3 Å². The van der Waals surface area contributed by atoms with Crippen LogP contribution in [-0.4, -0.2) is 19.5 Å². The van der Waals surface area contributed by atoms with E-state index in [0.29, 0.717) is 11.3 Å². The highest BCUT2D eigenvalue weighted by atomic mass is 32.2. The lowest BCUT2D eigenvalue weighted by Crippen LogP contribution is -2.15. The molecule has 23 heavy (non-hydrogen) atoms. The summed E-state index contributed by atoms with van der Waals surface area (Å²) in [5, 5.41) is 9.15. The van der Waals surface area contributed by atoms with Gasteiger partial charge in [0.25, 0.3) is 10.0 Å². The van der Waals surface area contributed by atoms with Crippen molar-refractivity contribution in [3.8, 4) is 0 Å². The van der Waals surface area contributed by atoms with Crippen LogP contribution >= 0.6 is 0 Å². The second-order valence-corrected chi connectivity index (χ2v) is 7.31. The van der Waals surface area contributed by atoms with E-state index in [1.165, 1.54) is 18.2 Å². The van der Waals surface area contributed by atoms with Crippen LogP contribution in [0.5, 0.6) is 0 Å². The number of carboxylic acids is 1. The fourth-order valence-electron chi connectivity index (χ4n) is 2.30. The zero-order valence-electron chi connectivity index (χ0n) is 13.2. The molecular weight excluding hydrogens is 314 g/mol. The Morgan fingerprint density at radius 3 is 2.39 bits per heavy atom. The maximum atomic E-state index is 12.6. The molecule has 0 amide bonds. The fourth-order valence-corrected chi connectivity index (χ4v) is 3.41. The Morgan fingerprint density at radius 2 is 1.78 bits per heavy atom. The highest BCUT2D eigenvalue weighted by Gasteiger charge is 2.19. The average molecular weight is 333 g/mol. The molecule has 0 atom stereocenters. The second kappa shape index (κ2) is 6.42. The van der Waals surface area contributed by atoms with Gasteiger partial charge in [-0.05, 0) is 42.2 Å². The van der Waals surface area contributed by atoms with Crippen molar-refractivity contribution in [2.75, 3.05) is 4.72 Å². The molecule has 0 aliphatic heterocycles. The SMILES string of the molecule is Cc1ccc(S(=O)(=O)Nc2ccccc2C(C)C)cc1C(=O)O. The molecule has 122 valence electrons. The monoisotopic (exact) mass is 333 g/mol. The third-order valence-electron chi connectivity index (χ3n) is 3.58. The standard InChI is InChI=1S/C17H19NO4S/c1-11(2)14-6-4-5-7-16(14)18-23(21,22)13-9-8-12(3)15(10-13)17(19)20/h4-11,18H,1-3H3,(H,19,20). The predicted octanol–water partition coefficient (Wildman–Crippen LogP) is 3.62. The number of hydrogen-bond acceptors (Lipinski definition) is 3. The summed E-state index contributed by atoms with van der Waals surface area (Å²) in [7, 11) is -3.86. The van der Waals surface area contributed by atoms with Crippen molar-refractivity contribution in [1.29, 1.82) is 0 Å². The number of aryl methyl sites for hydroxylation is 1. The smallest absolute Gasteiger partial charge is 0.335 e. The van der Waals surface area contributed by atoms with E-state index in [2.05, 4.69) is 4.72 Å². The van der Waals surface area contributed by atoms with Crippen molar-refractivity contribution in [2.24, 2.45) is 0 Å². The highest BCUT2D eigenvalue weighted by molar-refractivity contribution is 7.92. The van der Waals surface area contributed by atoms with Gasteiger partial charge in [-0.3, -0.25) is 4.72 Å². The second-order valence-electron chi connectivity index (χ2n) is 5.63. The first-order valence-electron chi connectivity index (χ1n) is 7.18. The Bertz CT molecular complexity index is 841. The van der Waals surface area contributed by atoms with E-state index in [4.69, 9.17) is 5.11 Å². The number of carboxylic acid groups (broad SMARTS) is 1. The Morgan fingerprint density at radius 1 is 1.13 bits per heavy atom. The number of aromatic carboxylic acids is 1. The third-order valence-corrected chi connectivity index (χ3v) is 4.94. The number of carbonyl (C=O) groups is 1. The Hall–Kier alpha value is -2.34. The lowest BCUT2D eigenvalue weighted by molar-refractivity contribution is 0.0696. The number of anilines is 1. The molecule has 0 saturated heterocycles. The van der Waals surface area contributed by atoms with E-state index in [1.54, 1.807) is 19.1 Å². The van der Waals surface area contributed by atoms with E-state index in [1.807, 2.05) is 26.0 Å². The molecule has 5 nitrogen and oxygen atoms in total. The topological polar surface area (TPSA) is 83.5 Å². The van der Waals surface area contributed by atoms with Crippen molar-refractivity contribution in [3.05, 3.63) is 59.2 Å². The minimum atomic E-state index is -3.86. The average Bonchev–Trinajstić information content (AvgIpc) is 2.47. The maximum absolute atomic E-state index is 12.6. The van der Waals surface area contributed by atoms with Crippen LogP contribution in [0.4, 0.5) is 5.69 Å². The number of hydrogen-bond donors (Lipinski definition) is 2. The van der Waals surface area contributed by atoms with Crippen molar-refractivity contribution < 1.29 is 18.3 Å². The Balaban J connectivity index is 2.45. The van der Waals surface area contributed by atoms with Gasteiger partial charge in [0.15, 0.2) is 0 Å². The van der Waals surface area contributed by atoms with Crippen LogP contribution < -0.4 is 4.72 Å². The quantitative estimate of drug-likeness (QED) is 0.875. The van der Waals surface area contributed by atoms with Crippen molar-refractivity contribution >= 4 is 21.7 Å². The van der Waals surface area contributed by atoms with Crippen LogP contribution in [0, 0.1) is 6.92 Å². The van der Waals surface area contributed by atoms with E-state index in [0.717, 1.165) is 5.56 Å². The van der Waals surface area contributed by atoms with Gasteiger partial charge < -0.3 is 5.11 Å².